The molecule has 0 saturated carbocycles. The van der Waals surface area contributed by atoms with E-state index in [1.54, 1.807) is 30.3 Å². The third kappa shape index (κ3) is 3.19. The van der Waals surface area contributed by atoms with Crippen molar-refractivity contribution in [1.29, 1.82) is 0 Å². The zero-order valence-corrected chi connectivity index (χ0v) is 9.02. The molecule has 0 bridgehead atoms. The van der Waals surface area contributed by atoms with Gasteiger partial charge >= 0.3 is 7.82 Å². The van der Waals surface area contributed by atoms with Crippen LogP contribution < -0.4 is 0 Å². The first-order valence-electron chi connectivity index (χ1n) is 4.17. The molecule has 0 fully saturated rings. The molecular weight excluding hydrogens is 215 g/mol. The highest BCUT2D eigenvalue weighted by atomic mass is 31.2. The second kappa shape index (κ2) is 4.18. The van der Waals surface area contributed by atoms with E-state index < -0.39 is 13.4 Å². The van der Waals surface area contributed by atoms with Crippen LogP contribution >= 0.6 is 7.82 Å². The smallest absolute Gasteiger partial charge is 0.303 e. The van der Waals surface area contributed by atoms with Crippen LogP contribution in [0.5, 0.6) is 0 Å². The van der Waals surface area contributed by atoms with Crippen LogP contribution in [0.15, 0.2) is 30.3 Å². The molecule has 0 aromatic heterocycles. The predicted molar refractivity (Wildman–Crippen MR) is 55.8 cm³/mol. The van der Waals surface area contributed by atoms with Gasteiger partial charge in [-0.15, -0.1) is 6.42 Å². The van der Waals surface area contributed by atoms with Crippen molar-refractivity contribution in [2.75, 3.05) is 0 Å². The summed E-state index contributed by atoms with van der Waals surface area (Å²) in [5.74, 6) is 2.24. The van der Waals surface area contributed by atoms with Crippen molar-refractivity contribution in [3.05, 3.63) is 35.9 Å². The molecular formula is C10H11O4P. The van der Waals surface area contributed by atoms with Gasteiger partial charge in [-0.05, 0) is 12.5 Å². The highest BCUT2D eigenvalue weighted by Crippen LogP contribution is 2.44. The van der Waals surface area contributed by atoms with Crippen molar-refractivity contribution in [3.63, 3.8) is 0 Å². The van der Waals surface area contributed by atoms with Crippen LogP contribution in [0.25, 0.3) is 0 Å². The number of terminal acetylenes is 1. The van der Waals surface area contributed by atoms with E-state index in [0.29, 0.717) is 5.56 Å². The van der Waals surface area contributed by atoms with Gasteiger partial charge in [0.15, 0.2) is 5.60 Å². The van der Waals surface area contributed by atoms with Gasteiger partial charge in [0.1, 0.15) is 0 Å². The zero-order chi connectivity index (χ0) is 11.5. The largest absolute Gasteiger partial charge is 0.471 e. The number of benzene rings is 1. The maximum absolute atomic E-state index is 10.8. The van der Waals surface area contributed by atoms with Crippen LogP contribution in [-0.4, -0.2) is 9.79 Å². The minimum Gasteiger partial charge on any atom is -0.303 e. The minimum absolute atomic E-state index is 0.524. The molecule has 0 aliphatic rings. The Bertz CT molecular complexity index is 417. The summed E-state index contributed by atoms with van der Waals surface area (Å²) in [6, 6.07) is 8.50. The number of hydrogen-bond acceptors (Lipinski definition) is 2. The monoisotopic (exact) mass is 226 g/mol. The number of hydrogen-bond donors (Lipinski definition) is 2. The molecule has 0 heterocycles. The molecule has 2 N–H and O–H groups in total. The summed E-state index contributed by atoms with van der Waals surface area (Å²) in [6.45, 7) is 1.43. The van der Waals surface area contributed by atoms with Gasteiger partial charge in [-0.2, -0.15) is 0 Å². The summed E-state index contributed by atoms with van der Waals surface area (Å²) in [5.41, 5.74) is -0.892. The molecule has 1 rings (SSSR count). The Kier molecular flexibility index (Phi) is 3.33. The van der Waals surface area contributed by atoms with E-state index in [0.717, 1.165) is 0 Å². The molecule has 1 aromatic carbocycles. The topological polar surface area (TPSA) is 66.8 Å². The Morgan fingerprint density at radius 3 is 2.33 bits per heavy atom. The van der Waals surface area contributed by atoms with E-state index in [-0.39, 0.29) is 0 Å². The normalized spacial score (nSPS) is 15.3. The van der Waals surface area contributed by atoms with Crippen molar-refractivity contribution in [2.24, 2.45) is 0 Å². The molecule has 1 aromatic rings. The molecule has 1 unspecified atom stereocenters. The van der Waals surface area contributed by atoms with Gasteiger partial charge in [-0.25, -0.2) is 4.57 Å². The van der Waals surface area contributed by atoms with Crippen LogP contribution in [-0.2, 0) is 14.7 Å². The minimum atomic E-state index is -4.61. The highest BCUT2D eigenvalue weighted by molar-refractivity contribution is 7.46. The lowest BCUT2D eigenvalue weighted by Gasteiger charge is -2.24. The van der Waals surface area contributed by atoms with Crippen LogP contribution in [0.3, 0.4) is 0 Å². The molecule has 4 nitrogen and oxygen atoms in total. The first-order valence-corrected chi connectivity index (χ1v) is 5.70. The van der Waals surface area contributed by atoms with Crippen molar-refractivity contribution in [1.82, 2.24) is 0 Å². The molecule has 1 atom stereocenters. The highest BCUT2D eigenvalue weighted by Gasteiger charge is 2.33. The molecule has 5 heteroatoms. The molecule has 0 radical (unpaired) electrons. The van der Waals surface area contributed by atoms with Gasteiger partial charge in [0.25, 0.3) is 0 Å². The maximum atomic E-state index is 10.8. The van der Waals surface area contributed by atoms with Crippen LogP contribution in [0.4, 0.5) is 0 Å². The fourth-order valence-electron chi connectivity index (χ4n) is 1.16. The third-order valence-electron chi connectivity index (χ3n) is 1.90. The molecule has 0 aliphatic heterocycles. The lowest BCUT2D eigenvalue weighted by atomic mass is 9.97. The van der Waals surface area contributed by atoms with Gasteiger partial charge < -0.3 is 9.79 Å². The Morgan fingerprint density at radius 1 is 1.40 bits per heavy atom. The van der Waals surface area contributed by atoms with Gasteiger partial charge in [-0.1, -0.05) is 36.3 Å². The fourth-order valence-corrected chi connectivity index (χ4v) is 1.79. The zero-order valence-electron chi connectivity index (χ0n) is 8.12. The lowest BCUT2D eigenvalue weighted by Crippen LogP contribution is -2.22. The van der Waals surface area contributed by atoms with Gasteiger partial charge in [-0.3, -0.25) is 4.52 Å². The van der Waals surface area contributed by atoms with Crippen molar-refractivity contribution < 1.29 is 18.9 Å². The van der Waals surface area contributed by atoms with E-state index in [1.807, 2.05) is 0 Å². The van der Waals surface area contributed by atoms with Crippen LogP contribution in [0.2, 0.25) is 0 Å². The van der Waals surface area contributed by atoms with E-state index >= 15 is 0 Å². The Labute approximate surface area is 88.1 Å². The van der Waals surface area contributed by atoms with Gasteiger partial charge in [0, 0.05) is 0 Å². The number of rotatable bonds is 3. The Hall–Kier alpha value is -1.11. The van der Waals surface area contributed by atoms with E-state index in [1.165, 1.54) is 6.92 Å². The summed E-state index contributed by atoms with van der Waals surface area (Å²) < 4.78 is 15.3. The lowest BCUT2D eigenvalue weighted by molar-refractivity contribution is 0.0952. The Morgan fingerprint density at radius 2 is 1.93 bits per heavy atom. The van der Waals surface area contributed by atoms with Crippen molar-refractivity contribution >= 4 is 7.82 Å². The summed E-state index contributed by atoms with van der Waals surface area (Å²) in [5, 5.41) is 0. The van der Waals surface area contributed by atoms with Crippen molar-refractivity contribution in [2.45, 2.75) is 12.5 Å². The molecule has 0 saturated heterocycles. The molecule has 15 heavy (non-hydrogen) atoms. The summed E-state index contributed by atoms with van der Waals surface area (Å²) in [7, 11) is -4.61. The molecule has 80 valence electrons. The number of phosphoric acid groups is 1. The maximum Gasteiger partial charge on any atom is 0.471 e. The average molecular weight is 226 g/mol. The summed E-state index contributed by atoms with van der Waals surface area (Å²) >= 11 is 0. The van der Waals surface area contributed by atoms with E-state index in [2.05, 4.69) is 10.4 Å². The van der Waals surface area contributed by atoms with Crippen LogP contribution in [0.1, 0.15) is 12.5 Å². The van der Waals surface area contributed by atoms with Crippen molar-refractivity contribution in [3.8, 4) is 12.3 Å². The Balaban J connectivity index is 3.08. The summed E-state index contributed by atoms with van der Waals surface area (Å²) in [4.78, 5) is 17.5. The third-order valence-corrected chi connectivity index (χ3v) is 2.50. The molecule has 0 aliphatic carbocycles. The summed E-state index contributed by atoms with van der Waals surface area (Å²) in [6.07, 6.45) is 5.23. The second-order valence-corrected chi connectivity index (χ2v) is 4.29. The first kappa shape index (κ1) is 12.0. The predicted octanol–water partition coefficient (Wildman–Crippen LogP) is 1.64. The average Bonchev–Trinajstić information content (AvgIpc) is 2.16. The van der Waals surface area contributed by atoms with E-state index in [9.17, 15) is 4.57 Å². The van der Waals surface area contributed by atoms with E-state index in [4.69, 9.17) is 16.2 Å². The first-order chi connectivity index (χ1) is 6.87. The SMILES string of the molecule is C#CC(C)(OP(=O)(O)O)c1ccccc1. The molecule has 0 amide bonds. The standard InChI is InChI=1S/C10H11O4P/c1-3-10(2,14-15(11,12)13)9-7-5-4-6-8-9/h1,4-8H,2H3,(H2,11,12,13). The molecule has 0 spiro atoms. The van der Waals surface area contributed by atoms with Gasteiger partial charge in [0.05, 0.1) is 0 Å². The number of phosphoric ester groups is 1. The second-order valence-electron chi connectivity index (χ2n) is 3.13. The van der Waals surface area contributed by atoms with Crippen LogP contribution in [0, 0.1) is 12.3 Å². The fraction of sp³-hybridized carbons (Fsp3) is 0.200. The quantitative estimate of drug-likeness (QED) is 0.607. The van der Waals surface area contributed by atoms with Gasteiger partial charge in [0.2, 0.25) is 0 Å².